The minimum atomic E-state index is -0.159. The Morgan fingerprint density at radius 2 is 2.00 bits per heavy atom. The van der Waals surface area contributed by atoms with Crippen LogP contribution in [-0.2, 0) is 13.0 Å². The van der Waals surface area contributed by atoms with Crippen molar-refractivity contribution in [3.63, 3.8) is 0 Å². The third kappa shape index (κ3) is 2.94. The molecule has 0 bridgehead atoms. The van der Waals surface area contributed by atoms with E-state index >= 15 is 0 Å². The highest BCUT2D eigenvalue weighted by Gasteiger charge is 2.06. The maximum absolute atomic E-state index is 13.5. The third-order valence-corrected chi connectivity index (χ3v) is 2.75. The number of rotatable bonds is 4. The van der Waals surface area contributed by atoms with Crippen molar-refractivity contribution in [2.75, 3.05) is 0 Å². The Balaban J connectivity index is 2.19. The van der Waals surface area contributed by atoms with Crippen molar-refractivity contribution in [1.82, 2.24) is 4.57 Å². The van der Waals surface area contributed by atoms with Crippen molar-refractivity contribution in [2.45, 2.75) is 25.9 Å². The summed E-state index contributed by atoms with van der Waals surface area (Å²) in [5, 5.41) is 0. The van der Waals surface area contributed by atoms with E-state index in [1.807, 2.05) is 42.0 Å². The molecule has 0 saturated carbocycles. The summed E-state index contributed by atoms with van der Waals surface area (Å²) < 4.78 is 15.6. The fourth-order valence-corrected chi connectivity index (χ4v) is 1.93. The Morgan fingerprint density at radius 1 is 1.24 bits per heavy atom. The van der Waals surface area contributed by atoms with Gasteiger partial charge < -0.3 is 10.3 Å². The van der Waals surface area contributed by atoms with E-state index < -0.39 is 0 Å². The Labute approximate surface area is 101 Å². The molecular formula is C14H17FN2. The molecule has 1 aromatic carbocycles. The second kappa shape index (κ2) is 5.15. The largest absolute Gasteiger partial charge is 0.347 e. The minimum Gasteiger partial charge on any atom is -0.347 e. The number of halogens is 1. The quantitative estimate of drug-likeness (QED) is 0.863. The highest BCUT2D eigenvalue weighted by Crippen LogP contribution is 2.12. The lowest BCUT2D eigenvalue weighted by Crippen LogP contribution is -2.20. The van der Waals surface area contributed by atoms with Gasteiger partial charge in [-0.15, -0.1) is 0 Å². The minimum absolute atomic E-state index is 0.115. The average Bonchev–Trinajstić information content (AvgIpc) is 2.68. The molecule has 0 spiro atoms. The predicted molar refractivity (Wildman–Crippen MR) is 67.3 cm³/mol. The topological polar surface area (TPSA) is 30.9 Å². The van der Waals surface area contributed by atoms with Gasteiger partial charge >= 0.3 is 0 Å². The molecule has 17 heavy (non-hydrogen) atoms. The number of hydrogen-bond acceptors (Lipinski definition) is 1. The zero-order chi connectivity index (χ0) is 12.3. The van der Waals surface area contributed by atoms with Crippen molar-refractivity contribution in [1.29, 1.82) is 0 Å². The van der Waals surface area contributed by atoms with Crippen LogP contribution in [0.3, 0.4) is 0 Å². The van der Waals surface area contributed by atoms with Gasteiger partial charge in [-0.25, -0.2) is 4.39 Å². The molecule has 1 aromatic heterocycles. The van der Waals surface area contributed by atoms with E-state index in [0.29, 0.717) is 12.1 Å². The summed E-state index contributed by atoms with van der Waals surface area (Å²) in [4.78, 5) is 0. The van der Waals surface area contributed by atoms with Crippen LogP contribution in [0.1, 0.15) is 18.2 Å². The fraction of sp³-hybridized carbons (Fsp3) is 0.286. The van der Waals surface area contributed by atoms with Gasteiger partial charge in [0, 0.05) is 29.9 Å². The SMILES string of the molecule is CC(N)Cc1cccn1Cc1ccccc1F. The van der Waals surface area contributed by atoms with E-state index in [9.17, 15) is 4.39 Å². The van der Waals surface area contributed by atoms with Crippen LogP contribution in [-0.4, -0.2) is 10.6 Å². The zero-order valence-corrected chi connectivity index (χ0v) is 9.94. The molecular weight excluding hydrogens is 215 g/mol. The Kier molecular flexibility index (Phi) is 3.59. The zero-order valence-electron chi connectivity index (χ0n) is 9.94. The highest BCUT2D eigenvalue weighted by molar-refractivity contribution is 5.19. The molecule has 0 saturated heterocycles. The van der Waals surface area contributed by atoms with Crippen LogP contribution in [0.4, 0.5) is 4.39 Å². The van der Waals surface area contributed by atoms with E-state index in [4.69, 9.17) is 5.73 Å². The summed E-state index contributed by atoms with van der Waals surface area (Å²) in [6.45, 7) is 2.53. The summed E-state index contributed by atoms with van der Waals surface area (Å²) in [5.41, 5.74) is 7.63. The maximum atomic E-state index is 13.5. The molecule has 2 rings (SSSR count). The van der Waals surface area contributed by atoms with Crippen LogP contribution in [0.5, 0.6) is 0 Å². The Bertz CT molecular complexity index is 488. The van der Waals surface area contributed by atoms with E-state index in [-0.39, 0.29) is 11.9 Å². The number of nitrogens with zero attached hydrogens (tertiary/aromatic N) is 1. The summed E-state index contributed by atoms with van der Waals surface area (Å²) in [6.07, 6.45) is 2.77. The first-order valence-corrected chi connectivity index (χ1v) is 5.80. The summed E-state index contributed by atoms with van der Waals surface area (Å²) in [6, 6.07) is 11.0. The monoisotopic (exact) mass is 232 g/mol. The van der Waals surface area contributed by atoms with Crippen molar-refractivity contribution in [3.8, 4) is 0 Å². The van der Waals surface area contributed by atoms with E-state index in [1.54, 1.807) is 6.07 Å². The summed E-state index contributed by atoms with van der Waals surface area (Å²) in [5.74, 6) is -0.159. The average molecular weight is 232 g/mol. The van der Waals surface area contributed by atoms with E-state index in [1.165, 1.54) is 6.07 Å². The van der Waals surface area contributed by atoms with Gasteiger partial charge in [-0.05, 0) is 25.1 Å². The summed E-state index contributed by atoms with van der Waals surface area (Å²) in [7, 11) is 0. The number of hydrogen-bond donors (Lipinski definition) is 1. The molecule has 0 fully saturated rings. The van der Waals surface area contributed by atoms with Crippen LogP contribution < -0.4 is 5.73 Å². The van der Waals surface area contributed by atoms with Crippen molar-refractivity contribution < 1.29 is 4.39 Å². The van der Waals surface area contributed by atoms with Gasteiger partial charge in [-0.3, -0.25) is 0 Å². The van der Waals surface area contributed by atoms with E-state index in [2.05, 4.69) is 0 Å². The van der Waals surface area contributed by atoms with Crippen LogP contribution in [0.2, 0.25) is 0 Å². The van der Waals surface area contributed by atoms with Crippen LogP contribution >= 0.6 is 0 Å². The third-order valence-electron chi connectivity index (χ3n) is 2.75. The van der Waals surface area contributed by atoms with Crippen LogP contribution in [0.25, 0.3) is 0 Å². The molecule has 2 aromatic rings. The predicted octanol–water partition coefficient (Wildman–Crippen LogP) is 2.57. The molecule has 1 atom stereocenters. The molecule has 0 aliphatic carbocycles. The van der Waals surface area contributed by atoms with Crippen molar-refractivity contribution in [2.24, 2.45) is 5.73 Å². The van der Waals surface area contributed by atoms with Gasteiger partial charge in [0.2, 0.25) is 0 Å². The lowest BCUT2D eigenvalue weighted by atomic mass is 10.2. The molecule has 2 N–H and O–H groups in total. The molecule has 0 amide bonds. The standard InChI is InChI=1S/C14H17FN2/c1-11(16)9-13-6-4-8-17(13)10-12-5-2-3-7-14(12)15/h2-8,11H,9-10,16H2,1H3. The number of benzene rings is 1. The molecule has 1 unspecified atom stereocenters. The molecule has 2 nitrogen and oxygen atoms in total. The lowest BCUT2D eigenvalue weighted by Gasteiger charge is -2.11. The Morgan fingerprint density at radius 3 is 2.71 bits per heavy atom. The molecule has 0 aliphatic heterocycles. The first-order chi connectivity index (χ1) is 8.16. The van der Waals surface area contributed by atoms with Crippen molar-refractivity contribution in [3.05, 3.63) is 59.7 Å². The lowest BCUT2D eigenvalue weighted by molar-refractivity contribution is 0.591. The second-order valence-corrected chi connectivity index (χ2v) is 4.40. The fourth-order valence-electron chi connectivity index (χ4n) is 1.93. The number of nitrogens with two attached hydrogens (primary N) is 1. The molecule has 3 heteroatoms. The van der Waals surface area contributed by atoms with Gasteiger partial charge in [0.1, 0.15) is 5.82 Å². The molecule has 0 aliphatic rings. The first kappa shape index (κ1) is 11.9. The maximum Gasteiger partial charge on any atom is 0.128 e. The van der Waals surface area contributed by atoms with Crippen molar-refractivity contribution >= 4 is 0 Å². The highest BCUT2D eigenvalue weighted by atomic mass is 19.1. The van der Waals surface area contributed by atoms with E-state index in [0.717, 1.165) is 12.1 Å². The normalized spacial score (nSPS) is 12.6. The molecule has 1 heterocycles. The van der Waals surface area contributed by atoms with Gasteiger partial charge in [-0.2, -0.15) is 0 Å². The van der Waals surface area contributed by atoms with Gasteiger partial charge in [0.05, 0.1) is 6.54 Å². The molecule has 90 valence electrons. The van der Waals surface area contributed by atoms with Crippen LogP contribution in [0.15, 0.2) is 42.6 Å². The summed E-state index contributed by atoms with van der Waals surface area (Å²) >= 11 is 0. The van der Waals surface area contributed by atoms with Gasteiger partial charge in [-0.1, -0.05) is 18.2 Å². The molecule has 0 radical (unpaired) electrons. The Hall–Kier alpha value is -1.61. The van der Waals surface area contributed by atoms with Gasteiger partial charge in [0.25, 0.3) is 0 Å². The van der Waals surface area contributed by atoms with Gasteiger partial charge in [0.15, 0.2) is 0 Å². The second-order valence-electron chi connectivity index (χ2n) is 4.40. The number of aromatic nitrogens is 1. The first-order valence-electron chi connectivity index (χ1n) is 5.80. The van der Waals surface area contributed by atoms with Crippen LogP contribution in [0, 0.1) is 5.82 Å². The smallest absolute Gasteiger partial charge is 0.128 e.